The molecule has 3 heteroatoms. The van der Waals surface area contributed by atoms with Crippen molar-refractivity contribution in [2.75, 3.05) is 12.5 Å². The molecule has 0 N–H and O–H groups in total. The van der Waals surface area contributed by atoms with Crippen molar-refractivity contribution in [3.8, 4) is 0 Å². The van der Waals surface area contributed by atoms with Gasteiger partial charge in [-0.3, -0.25) is 0 Å². The maximum absolute atomic E-state index is 12.9. The van der Waals surface area contributed by atoms with E-state index in [1.165, 1.54) is 12.1 Å². The zero-order valence-corrected chi connectivity index (χ0v) is 7.33. The summed E-state index contributed by atoms with van der Waals surface area (Å²) in [5, 5.41) is 0. The second-order valence-corrected chi connectivity index (χ2v) is 4.76. The van der Waals surface area contributed by atoms with Crippen LogP contribution < -0.4 is 0 Å². The van der Waals surface area contributed by atoms with Gasteiger partial charge in [0.1, 0.15) is 11.6 Å². The molecule has 11 heavy (non-hydrogen) atoms. The zero-order chi connectivity index (χ0) is 8.43. The number of benzene rings is 1. The summed E-state index contributed by atoms with van der Waals surface area (Å²) >= 11 is 0. The number of halogens is 2. The van der Waals surface area contributed by atoms with E-state index in [2.05, 4.69) is 0 Å². The summed E-state index contributed by atoms with van der Waals surface area (Å²) in [6, 6.07) is 3.73. The lowest BCUT2D eigenvalue weighted by Gasteiger charge is -2.09. The summed E-state index contributed by atoms with van der Waals surface area (Å²) in [6.07, 6.45) is 3.87. The van der Waals surface area contributed by atoms with E-state index in [4.69, 9.17) is 0 Å². The van der Waals surface area contributed by atoms with Crippen molar-refractivity contribution in [1.82, 2.24) is 0 Å². The van der Waals surface area contributed by atoms with Crippen LogP contribution >= 0.6 is 10.9 Å². The second kappa shape index (κ2) is 3.22. The largest absolute Gasteiger partial charge is 0.230 e. The molecule has 0 aliphatic rings. The van der Waals surface area contributed by atoms with Gasteiger partial charge >= 0.3 is 0 Å². The molecule has 0 radical (unpaired) electrons. The zero-order valence-electron chi connectivity index (χ0n) is 6.44. The number of thiol groups is 1. The van der Waals surface area contributed by atoms with E-state index in [0.717, 1.165) is 6.07 Å². The van der Waals surface area contributed by atoms with E-state index in [9.17, 15) is 8.78 Å². The fourth-order valence-electron chi connectivity index (χ4n) is 0.844. The van der Waals surface area contributed by atoms with Crippen LogP contribution in [-0.2, 0) is 0 Å². The minimum absolute atomic E-state index is 0.430. The molecule has 0 saturated heterocycles. The van der Waals surface area contributed by atoms with E-state index in [0.29, 0.717) is 4.90 Å². The van der Waals surface area contributed by atoms with Crippen molar-refractivity contribution in [3.05, 3.63) is 29.8 Å². The topological polar surface area (TPSA) is 0 Å². The van der Waals surface area contributed by atoms with E-state index < -0.39 is 22.5 Å². The number of rotatable bonds is 1. The molecule has 0 aliphatic carbocycles. The first-order chi connectivity index (χ1) is 5.11. The second-order valence-electron chi connectivity index (χ2n) is 2.49. The van der Waals surface area contributed by atoms with Crippen molar-refractivity contribution in [2.24, 2.45) is 0 Å². The van der Waals surface area contributed by atoms with Crippen LogP contribution in [0.3, 0.4) is 0 Å². The molecule has 0 saturated carbocycles. The van der Waals surface area contributed by atoms with Crippen LogP contribution in [0.15, 0.2) is 23.1 Å². The molecule has 0 fully saturated rings. The summed E-state index contributed by atoms with van der Waals surface area (Å²) < 4.78 is 25.3. The van der Waals surface area contributed by atoms with Crippen molar-refractivity contribution in [2.45, 2.75) is 4.90 Å². The third kappa shape index (κ3) is 1.93. The Hall–Kier alpha value is -0.570. The highest BCUT2D eigenvalue weighted by molar-refractivity contribution is 8.15. The van der Waals surface area contributed by atoms with Crippen molar-refractivity contribution in [3.63, 3.8) is 0 Å². The Labute approximate surface area is 67.6 Å². The van der Waals surface area contributed by atoms with Gasteiger partial charge in [-0.05, 0) is 24.6 Å². The van der Waals surface area contributed by atoms with Gasteiger partial charge in [0.2, 0.25) is 0 Å². The molecule has 1 aromatic carbocycles. The highest BCUT2D eigenvalue weighted by Gasteiger charge is 2.03. The van der Waals surface area contributed by atoms with Gasteiger partial charge < -0.3 is 0 Å². The Morgan fingerprint density at radius 3 is 2.27 bits per heavy atom. The third-order valence-corrected chi connectivity index (χ3v) is 2.72. The lowest BCUT2D eigenvalue weighted by Crippen LogP contribution is -1.86. The number of hydrogen-bond donors (Lipinski definition) is 1. The average Bonchev–Trinajstić information content (AvgIpc) is 1.85. The van der Waals surface area contributed by atoms with Gasteiger partial charge in [0.15, 0.2) is 0 Å². The van der Waals surface area contributed by atoms with Gasteiger partial charge in [-0.2, -0.15) is 0 Å². The molecule has 0 nitrogen and oxygen atoms in total. The lowest BCUT2D eigenvalue weighted by atomic mass is 10.3. The molecule has 0 aromatic heterocycles. The van der Waals surface area contributed by atoms with Gasteiger partial charge in [-0.25, -0.2) is 19.7 Å². The molecular formula is C8H10F2S. The molecule has 0 amide bonds. The SMILES string of the molecule is C[SH](C)c1ccc(F)cc1F. The Morgan fingerprint density at radius 1 is 1.18 bits per heavy atom. The Bertz CT molecular complexity index is 258. The van der Waals surface area contributed by atoms with E-state index in [-0.39, 0.29) is 0 Å². The van der Waals surface area contributed by atoms with Gasteiger partial charge in [-0.1, -0.05) is 0 Å². The fraction of sp³-hybridized carbons (Fsp3) is 0.250. The molecule has 1 aromatic rings. The summed E-state index contributed by atoms with van der Waals surface area (Å²) in [5.74, 6) is -0.941. The van der Waals surface area contributed by atoms with Gasteiger partial charge in [-0.15, -0.1) is 0 Å². The minimum atomic E-state index is -0.511. The van der Waals surface area contributed by atoms with E-state index in [1.54, 1.807) is 0 Å². The molecule has 0 heterocycles. The maximum Gasteiger partial charge on any atom is 0.137 e. The summed E-state index contributed by atoms with van der Waals surface area (Å²) in [4.78, 5) is 0.626. The van der Waals surface area contributed by atoms with Crippen LogP contribution in [0.2, 0.25) is 0 Å². The maximum atomic E-state index is 12.9. The minimum Gasteiger partial charge on any atom is -0.230 e. The van der Waals surface area contributed by atoms with Crippen LogP contribution in [0.5, 0.6) is 0 Å². The van der Waals surface area contributed by atoms with Crippen LogP contribution in [0, 0.1) is 11.6 Å². The Kier molecular flexibility index (Phi) is 2.49. The smallest absolute Gasteiger partial charge is 0.137 e. The molecule has 0 unspecified atom stereocenters. The average molecular weight is 176 g/mol. The van der Waals surface area contributed by atoms with Crippen molar-refractivity contribution < 1.29 is 8.78 Å². The van der Waals surface area contributed by atoms with Gasteiger partial charge in [0, 0.05) is 11.0 Å². The van der Waals surface area contributed by atoms with Crippen LogP contribution in [0.25, 0.3) is 0 Å². The first-order valence-electron chi connectivity index (χ1n) is 3.23. The van der Waals surface area contributed by atoms with Crippen LogP contribution in [0.1, 0.15) is 0 Å². The molecule has 0 atom stereocenters. The number of hydrogen-bond acceptors (Lipinski definition) is 0. The quantitative estimate of drug-likeness (QED) is 0.625. The van der Waals surface area contributed by atoms with E-state index in [1.807, 2.05) is 12.5 Å². The van der Waals surface area contributed by atoms with Crippen molar-refractivity contribution >= 4 is 10.9 Å². The standard InChI is InChI=1S/C8H10F2S/c1-11(2)8-4-3-6(9)5-7(8)10/h3-5,11H,1-2H3. The molecule has 1 rings (SSSR count). The van der Waals surface area contributed by atoms with Gasteiger partial charge in [0.25, 0.3) is 0 Å². The lowest BCUT2D eigenvalue weighted by molar-refractivity contribution is 0.565. The molecule has 0 bridgehead atoms. The molecule has 62 valence electrons. The van der Waals surface area contributed by atoms with Crippen molar-refractivity contribution in [1.29, 1.82) is 0 Å². The molecule has 0 spiro atoms. The monoisotopic (exact) mass is 176 g/mol. The third-order valence-electron chi connectivity index (χ3n) is 1.39. The highest BCUT2D eigenvalue weighted by Crippen LogP contribution is 2.30. The van der Waals surface area contributed by atoms with E-state index >= 15 is 0 Å². The normalized spacial score (nSPS) is 11.5. The molecule has 0 aliphatic heterocycles. The van der Waals surface area contributed by atoms with Crippen LogP contribution in [-0.4, -0.2) is 12.5 Å². The highest BCUT2D eigenvalue weighted by atomic mass is 32.2. The Balaban J connectivity index is 3.09. The van der Waals surface area contributed by atoms with Crippen LogP contribution in [0.4, 0.5) is 8.78 Å². The first-order valence-corrected chi connectivity index (χ1v) is 5.47. The Morgan fingerprint density at radius 2 is 1.82 bits per heavy atom. The predicted molar refractivity (Wildman–Crippen MR) is 45.5 cm³/mol. The summed E-state index contributed by atoms with van der Waals surface area (Å²) in [5.41, 5.74) is 0. The summed E-state index contributed by atoms with van der Waals surface area (Å²) in [7, 11) is -0.470. The predicted octanol–water partition coefficient (Wildman–Crippen LogP) is 2.58. The van der Waals surface area contributed by atoms with Gasteiger partial charge in [0.05, 0.1) is 0 Å². The molecular weight excluding hydrogens is 166 g/mol. The first kappa shape index (κ1) is 8.53. The summed E-state index contributed by atoms with van der Waals surface area (Å²) in [6.45, 7) is 0. The fourth-order valence-corrected chi connectivity index (χ4v) is 1.71.